The number of hydrogen-bond acceptors (Lipinski definition) is 5. The molecule has 4 rings (SSSR count). The molecule has 8 heteroatoms. The monoisotopic (exact) mass is 389 g/mol. The third-order valence-corrected chi connectivity index (χ3v) is 6.56. The van der Waals surface area contributed by atoms with Crippen molar-refractivity contribution in [2.75, 3.05) is 39.4 Å². The van der Waals surface area contributed by atoms with Gasteiger partial charge in [-0.1, -0.05) is 19.3 Å². The van der Waals surface area contributed by atoms with Gasteiger partial charge in [-0.2, -0.15) is 5.10 Å². The lowest BCUT2D eigenvalue weighted by Crippen LogP contribution is -2.60. The maximum atomic E-state index is 12.9. The second-order valence-electron chi connectivity index (χ2n) is 8.29. The first-order valence-electron chi connectivity index (χ1n) is 10.5. The van der Waals surface area contributed by atoms with Crippen LogP contribution in [0.5, 0.6) is 0 Å². The molecule has 28 heavy (non-hydrogen) atoms. The van der Waals surface area contributed by atoms with Crippen molar-refractivity contribution in [1.29, 1.82) is 0 Å². The van der Waals surface area contributed by atoms with Crippen molar-refractivity contribution in [2.45, 2.75) is 50.6 Å². The number of aromatic nitrogens is 2. The van der Waals surface area contributed by atoms with E-state index in [-0.39, 0.29) is 17.1 Å². The molecule has 1 aliphatic carbocycles. The Morgan fingerprint density at radius 1 is 1.21 bits per heavy atom. The molecule has 0 atom stereocenters. The van der Waals surface area contributed by atoms with Gasteiger partial charge in [-0.15, -0.1) is 0 Å². The zero-order chi connectivity index (χ0) is 19.6. The Kier molecular flexibility index (Phi) is 5.68. The first-order valence-corrected chi connectivity index (χ1v) is 10.5. The number of hydrogen-bond donors (Lipinski definition) is 1. The van der Waals surface area contributed by atoms with Crippen LogP contribution in [0.25, 0.3) is 0 Å². The number of amides is 2. The van der Waals surface area contributed by atoms with E-state index >= 15 is 0 Å². The van der Waals surface area contributed by atoms with Crippen molar-refractivity contribution < 1.29 is 9.53 Å². The van der Waals surface area contributed by atoms with Crippen LogP contribution in [0.3, 0.4) is 0 Å². The molecule has 1 aromatic rings. The quantitative estimate of drug-likeness (QED) is 0.830. The van der Waals surface area contributed by atoms with E-state index in [2.05, 4.69) is 15.3 Å². The number of nitrogens with one attached hydrogen (secondary N) is 1. The largest absolute Gasteiger partial charge is 0.379 e. The molecule has 8 nitrogen and oxygen atoms in total. The number of rotatable bonds is 3. The number of nitrogens with zero attached hydrogens (tertiary/aromatic N) is 4. The average Bonchev–Trinajstić information content (AvgIpc) is 2.74. The van der Waals surface area contributed by atoms with E-state index in [4.69, 9.17) is 4.74 Å². The summed E-state index contributed by atoms with van der Waals surface area (Å²) in [6.07, 6.45) is 6.68. The highest BCUT2D eigenvalue weighted by Gasteiger charge is 2.39. The lowest BCUT2D eigenvalue weighted by Gasteiger charge is -2.48. The van der Waals surface area contributed by atoms with E-state index in [1.807, 2.05) is 0 Å². The predicted octanol–water partition coefficient (Wildman–Crippen LogP) is 0.883. The number of aryl methyl sites for hydroxylation is 1. The fourth-order valence-electron chi connectivity index (χ4n) is 4.87. The van der Waals surface area contributed by atoms with Gasteiger partial charge >= 0.3 is 6.03 Å². The smallest absolute Gasteiger partial charge is 0.317 e. The van der Waals surface area contributed by atoms with Crippen molar-refractivity contribution in [3.63, 3.8) is 0 Å². The van der Waals surface area contributed by atoms with Crippen molar-refractivity contribution >= 4 is 6.03 Å². The number of carbonyl (C=O) groups is 1. The van der Waals surface area contributed by atoms with Gasteiger partial charge in [0.2, 0.25) is 0 Å². The second-order valence-corrected chi connectivity index (χ2v) is 8.29. The fraction of sp³-hybridized carbons (Fsp3) is 0.750. The van der Waals surface area contributed by atoms with E-state index < -0.39 is 0 Å². The summed E-state index contributed by atoms with van der Waals surface area (Å²) in [4.78, 5) is 29.1. The van der Waals surface area contributed by atoms with Crippen LogP contribution in [0, 0.1) is 0 Å². The zero-order valence-electron chi connectivity index (χ0n) is 16.8. The molecule has 3 heterocycles. The van der Waals surface area contributed by atoms with Gasteiger partial charge in [0.25, 0.3) is 5.56 Å². The van der Waals surface area contributed by atoms with Gasteiger partial charge in [-0.05, 0) is 12.8 Å². The molecule has 0 unspecified atom stereocenters. The SMILES string of the molecule is Cn1nc2c(cc1=O)CN(C(=O)NCC1(N3CCOCC3)CCCCC1)CC2. The molecule has 0 radical (unpaired) electrons. The molecule has 154 valence electrons. The summed E-state index contributed by atoms with van der Waals surface area (Å²) in [5, 5.41) is 7.54. The zero-order valence-corrected chi connectivity index (χ0v) is 16.8. The van der Waals surface area contributed by atoms with Crippen LogP contribution in [0.2, 0.25) is 0 Å². The molecule has 2 fully saturated rings. The number of carbonyl (C=O) groups excluding carboxylic acids is 1. The minimum absolute atomic E-state index is 0.0375. The van der Waals surface area contributed by atoms with E-state index in [9.17, 15) is 9.59 Å². The normalized spacial score (nSPS) is 22.5. The van der Waals surface area contributed by atoms with Crippen molar-refractivity contribution in [3.05, 3.63) is 27.7 Å². The summed E-state index contributed by atoms with van der Waals surface area (Å²) in [5.74, 6) is 0. The molecule has 2 aliphatic heterocycles. The van der Waals surface area contributed by atoms with E-state index in [1.165, 1.54) is 23.9 Å². The summed E-state index contributed by atoms with van der Waals surface area (Å²) in [6.45, 7) is 5.22. The van der Waals surface area contributed by atoms with E-state index in [0.717, 1.165) is 50.4 Å². The lowest BCUT2D eigenvalue weighted by molar-refractivity contribution is -0.0360. The van der Waals surface area contributed by atoms with Crippen LogP contribution in [0.1, 0.15) is 43.4 Å². The first-order chi connectivity index (χ1) is 13.6. The number of urea groups is 1. The van der Waals surface area contributed by atoms with Crippen LogP contribution in [-0.2, 0) is 24.8 Å². The van der Waals surface area contributed by atoms with Crippen LogP contribution < -0.4 is 10.9 Å². The van der Waals surface area contributed by atoms with E-state index in [0.29, 0.717) is 26.1 Å². The summed E-state index contributed by atoms with van der Waals surface area (Å²) in [5.41, 5.74) is 1.71. The molecule has 1 aromatic heterocycles. The Labute approximate surface area is 165 Å². The van der Waals surface area contributed by atoms with E-state index in [1.54, 1.807) is 18.0 Å². The molecule has 0 aromatic carbocycles. The molecule has 0 spiro atoms. The molecule has 1 N–H and O–H groups in total. The van der Waals surface area contributed by atoms with Crippen molar-refractivity contribution in [2.24, 2.45) is 7.05 Å². The maximum Gasteiger partial charge on any atom is 0.317 e. The first kappa shape index (κ1) is 19.4. The Bertz CT molecular complexity index is 766. The van der Waals surface area contributed by atoms with Crippen LogP contribution in [0.15, 0.2) is 10.9 Å². The van der Waals surface area contributed by atoms with Gasteiger partial charge in [0.1, 0.15) is 0 Å². The molecule has 1 saturated heterocycles. The molecule has 2 amide bonds. The molecular weight excluding hydrogens is 358 g/mol. The Balaban J connectivity index is 1.41. The average molecular weight is 390 g/mol. The van der Waals surface area contributed by atoms with Gasteiger partial charge in [0, 0.05) is 63.4 Å². The Morgan fingerprint density at radius 3 is 2.71 bits per heavy atom. The third kappa shape index (κ3) is 3.93. The lowest BCUT2D eigenvalue weighted by atomic mass is 9.80. The second kappa shape index (κ2) is 8.21. The highest BCUT2D eigenvalue weighted by molar-refractivity contribution is 5.74. The minimum Gasteiger partial charge on any atom is -0.379 e. The van der Waals surface area contributed by atoms with Crippen LogP contribution in [0.4, 0.5) is 4.79 Å². The summed E-state index contributed by atoms with van der Waals surface area (Å²) in [7, 11) is 1.66. The van der Waals surface area contributed by atoms with Gasteiger partial charge in [0.05, 0.1) is 18.9 Å². The summed E-state index contributed by atoms with van der Waals surface area (Å²) < 4.78 is 6.90. The molecular formula is C20H31N5O3. The van der Waals surface area contributed by atoms with Crippen LogP contribution in [-0.4, -0.2) is 70.5 Å². The molecule has 3 aliphatic rings. The highest BCUT2D eigenvalue weighted by atomic mass is 16.5. The maximum absolute atomic E-state index is 12.9. The molecule has 1 saturated carbocycles. The van der Waals surface area contributed by atoms with Gasteiger partial charge in [-0.3, -0.25) is 9.69 Å². The minimum atomic E-state index is -0.130. The van der Waals surface area contributed by atoms with Gasteiger partial charge in [-0.25, -0.2) is 9.48 Å². The van der Waals surface area contributed by atoms with Crippen molar-refractivity contribution in [1.82, 2.24) is 24.9 Å². The van der Waals surface area contributed by atoms with Gasteiger partial charge < -0.3 is 15.0 Å². The molecule has 0 bridgehead atoms. The number of fused-ring (bicyclic) bond motifs is 1. The summed E-state index contributed by atoms with van der Waals surface area (Å²) in [6, 6.07) is 1.57. The summed E-state index contributed by atoms with van der Waals surface area (Å²) >= 11 is 0. The topological polar surface area (TPSA) is 79.7 Å². The Morgan fingerprint density at radius 2 is 1.96 bits per heavy atom. The predicted molar refractivity (Wildman–Crippen MR) is 105 cm³/mol. The Hall–Kier alpha value is -1.93. The number of morpholine rings is 1. The third-order valence-electron chi connectivity index (χ3n) is 6.56. The van der Waals surface area contributed by atoms with Gasteiger partial charge in [0.15, 0.2) is 0 Å². The van der Waals surface area contributed by atoms with Crippen molar-refractivity contribution in [3.8, 4) is 0 Å². The fourth-order valence-corrected chi connectivity index (χ4v) is 4.87. The highest BCUT2D eigenvalue weighted by Crippen LogP contribution is 2.34. The number of ether oxygens (including phenoxy) is 1. The van der Waals surface area contributed by atoms with Crippen LogP contribution >= 0.6 is 0 Å². The standard InChI is InChI=1S/C20H31N5O3/c1-23-18(26)13-16-14-24(8-5-17(16)22-23)19(27)21-15-20(6-3-2-4-7-20)25-9-11-28-12-10-25/h13H,2-12,14-15H2,1H3,(H,21,27).